The van der Waals surface area contributed by atoms with E-state index in [0.29, 0.717) is 13.2 Å². The van der Waals surface area contributed by atoms with Gasteiger partial charge in [-0.25, -0.2) is 0 Å². The average molecular weight is 171 g/mol. The van der Waals surface area contributed by atoms with E-state index in [9.17, 15) is 0 Å². The molecule has 0 saturated heterocycles. The van der Waals surface area contributed by atoms with Crippen LogP contribution < -0.4 is 0 Å². The van der Waals surface area contributed by atoms with Crippen molar-refractivity contribution in [3.8, 4) is 0 Å². The van der Waals surface area contributed by atoms with Gasteiger partial charge in [-0.3, -0.25) is 0 Å². The molecule has 0 fully saturated rings. The molecule has 5 heteroatoms. The van der Waals surface area contributed by atoms with Crippen LogP contribution in [0.1, 0.15) is 6.92 Å². The summed E-state index contributed by atoms with van der Waals surface area (Å²) < 4.78 is 10.2. The molecule has 12 heavy (non-hydrogen) atoms. The second-order valence-corrected chi connectivity index (χ2v) is 1.92. The number of nitrogens with zero attached hydrogens (tertiary/aromatic N) is 3. The molecule has 0 amide bonds. The average Bonchev–Trinajstić information content (AvgIpc) is 2.10. The fraction of sp³-hybridized carbons (Fsp3) is 0.714. The quantitative estimate of drug-likeness (QED) is 0.193. The van der Waals surface area contributed by atoms with Crippen molar-refractivity contribution in [2.45, 2.75) is 13.2 Å². The lowest BCUT2D eigenvalue weighted by molar-refractivity contribution is -0.124. The molecule has 0 aliphatic heterocycles. The first kappa shape index (κ1) is 11.0. The summed E-state index contributed by atoms with van der Waals surface area (Å²) in [5.41, 5.74) is 8.04. The zero-order chi connectivity index (χ0) is 9.23. The van der Waals surface area contributed by atoms with E-state index < -0.39 is 6.29 Å². The lowest BCUT2D eigenvalue weighted by Gasteiger charge is -2.13. The topological polar surface area (TPSA) is 67.2 Å². The molecule has 0 aromatic heterocycles. The second kappa shape index (κ2) is 8.07. The predicted octanol–water partition coefficient (Wildman–Crippen LogP) is 1.86. The monoisotopic (exact) mass is 171 g/mol. The van der Waals surface area contributed by atoms with E-state index in [1.807, 2.05) is 6.92 Å². The predicted molar refractivity (Wildman–Crippen MR) is 45.6 cm³/mol. The molecule has 0 radical (unpaired) electrons. The van der Waals surface area contributed by atoms with Crippen molar-refractivity contribution in [2.24, 2.45) is 5.11 Å². The molecule has 0 bridgehead atoms. The van der Waals surface area contributed by atoms with Gasteiger partial charge in [0.1, 0.15) is 0 Å². The molecule has 5 nitrogen and oxygen atoms in total. The van der Waals surface area contributed by atoms with Crippen LogP contribution in [0.25, 0.3) is 10.4 Å². The largest absolute Gasteiger partial charge is 0.353 e. The number of hydrogen-bond donors (Lipinski definition) is 0. The maximum atomic E-state index is 8.04. The van der Waals surface area contributed by atoms with Gasteiger partial charge >= 0.3 is 0 Å². The Morgan fingerprint density at radius 1 is 1.67 bits per heavy atom. The van der Waals surface area contributed by atoms with Gasteiger partial charge in [0.05, 0.1) is 13.2 Å². The molecule has 0 rings (SSSR count). The Bertz CT molecular complexity index is 166. The van der Waals surface area contributed by atoms with E-state index in [0.717, 1.165) is 0 Å². The van der Waals surface area contributed by atoms with Gasteiger partial charge in [0.2, 0.25) is 0 Å². The molecule has 0 aromatic rings. The third kappa shape index (κ3) is 5.73. The highest BCUT2D eigenvalue weighted by atomic mass is 16.7. The third-order valence-electron chi connectivity index (χ3n) is 1.05. The molecule has 0 N–H and O–H groups in total. The van der Waals surface area contributed by atoms with Crippen molar-refractivity contribution in [2.75, 3.05) is 19.8 Å². The van der Waals surface area contributed by atoms with Crippen molar-refractivity contribution in [3.63, 3.8) is 0 Å². The van der Waals surface area contributed by atoms with Crippen LogP contribution in [0.5, 0.6) is 0 Å². The Morgan fingerprint density at radius 2 is 2.42 bits per heavy atom. The summed E-state index contributed by atoms with van der Waals surface area (Å²) in [7, 11) is 0. The van der Waals surface area contributed by atoms with E-state index in [1.54, 1.807) is 6.08 Å². The maximum Gasteiger partial charge on any atom is 0.163 e. The Labute approximate surface area is 71.6 Å². The standard InChI is InChI=1S/C7H13N3O2/c1-3-5-12-7(11-4-2)6-9-10-8/h3,7H,1,4-6H2,2H3. The summed E-state index contributed by atoms with van der Waals surface area (Å²) >= 11 is 0. The lowest BCUT2D eigenvalue weighted by Crippen LogP contribution is -2.20. The first-order valence-corrected chi connectivity index (χ1v) is 3.70. The molecule has 0 heterocycles. The molecule has 0 aromatic carbocycles. The van der Waals surface area contributed by atoms with Gasteiger partial charge in [-0.05, 0) is 12.5 Å². The third-order valence-corrected chi connectivity index (χ3v) is 1.05. The van der Waals surface area contributed by atoms with Crippen LogP contribution >= 0.6 is 0 Å². The van der Waals surface area contributed by atoms with E-state index in [2.05, 4.69) is 16.6 Å². The molecule has 0 aliphatic rings. The van der Waals surface area contributed by atoms with Crippen LogP contribution in [-0.2, 0) is 9.47 Å². The van der Waals surface area contributed by atoms with Crippen LogP contribution in [0.3, 0.4) is 0 Å². The van der Waals surface area contributed by atoms with Crippen molar-refractivity contribution >= 4 is 0 Å². The van der Waals surface area contributed by atoms with Crippen LogP contribution in [-0.4, -0.2) is 26.0 Å². The molecule has 1 atom stereocenters. The zero-order valence-electron chi connectivity index (χ0n) is 7.14. The summed E-state index contributed by atoms with van der Waals surface area (Å²) in [6, 6.07) is 0. The SMILES string of the molecule is C=CCOC(CN=[N+]=[N-])OCC. The van der Waals surface area contributed by atoms with Crippen LogP contribution in [0, 0.1) is 0 Å². The minimum Gasteiger partial charge on any atom is -0.353 e. The number of azide groups is 1. The Balaban J connectivity index is 3.67. The molecular weight excluding hydrogens is 158 g/mol. The van der Waals surface area contributed by atoms with E-state index in [-0.39, 0.29) is 6.54 Å². The highest BCUT2D eigenvalue weighted by molar-refractivity contribution is 4.65. The summed E-state index contributed by atoms with van der Waals surface area (Å²) in [5, 5.41) is 3.34. The summed E-state index contributed by atoms with van der Waals surface area (Å²) in [4.78, 5) is 2.60. The normalized spacial score (nSPS) is 11.8. The molecule has 0 saturated carbocycles. The maximum absolute atomic E-state index is 8.04. The van der Waals surface area contributed by atoms with Gasteiger partial charge in [-0.15, -0.1) is 6.58 Å². The Kier molecular flexibility index (Phi) is 7.38. The van der Waals surface area contributed by atoms with E-state index in [1.165, 1.54) is 0 Å². The fourth-order valence-corrected chi connectivity index (χ4v) is 0.618. The van der Waals surface area contributed by atoms with Gasteiger partial charge in [-0.2, -0.15) is 0 Å². The smallest absolute Gasteiger partial charge is 0.163 e. The van der Waals surface area contributed by atoms with Crippen LogP contribution in [0.2, 0.25) is 0 Å². The summed E-state index contributed by atoms with van der Waals surface area (Å²) in [6.07, 6.45) is 1.16. The van der Waals surface area contributed by atoms with Gasteiger partial charge in [0, 0.05) is 11.5 Å². The molecule has 1 unspecified atom stereocenters. The van der Waals surface area contributed by atoms with Crippen LogP contribution in [0.15, 0.2) is 17.8 Å². The molecule has 68 valence electrons. The van der Waals surface area contributed by atoms with E-state index in [4.69, 9.17) is 15.0 Å². The molecule has 0 spiro atoms. The van der Waals surface area contributed by atoms with Crippen LogP contribution in [0.4, 0.5) is 0 Å². The highest BCUT2D eigenvalue weighted by Gasteiger charge is 2.04. The fourth-order valence-electron chi connectivity index (χ4n) is 0.618. The van der Waals surface area contributed by atoms with Gasteiger partial charge < -0.3 is 9.47 Å². The van der Waals surface area contributed by atoms with Gasteiger partial charge in [0.15, 0.2) is 6.29 Å². The zero-order valence-corrected chi connectivity index (χ0v) is 7.14. The van der Waals surface area contributed by atoms with Crippen molar-refractivity contribution in [1.29, 1.82) is 0 Å². The summed E-state index contributed by atoms with van der Waals surface area (Å²) in [5.74, 6) is 0. The first-order chi connectivity index (χ1) is 5.85. The highest BCUT2D eigenvalue weighted by Crippen LogP contribution is 1.96. The second-order valence-electron chi connectivity index (χ2n) is 1.92. The van der Waals surface area contributed by atoms with E-state index >= 15 is 0 Å². The lowest BCUT2D eigenvalue weighted by atomic mass is 10.6. The van der Waals surface area contributed by atoms with Gasteiger partial charge in [0.25, 0.3) is 0 Å². The Morgan fingerprint density at radius 3 is 2.92 bits per heavy atom. The minimum absolute atomic E-state index is 0.193. The molecular formula is C7H13N3O2. The number of hydrogen-bond acceptors (Lipinski definition) is 3. The van der Waals surface area contributed by atoms with Crippen molar-refractivity contribution in [3.05, 3.63) is 23.1 Å². The molecule has 0 aliphatic carbocycles. The van der Waals surface area contributed by atoms with Crippen molar-refractivity contribution in [1.82, 2.24) is 0 Å². The summed E-state index contributed by atoms with van der Waals surface area (Å²) in [6.45, 7) is 6.45. The number of ether oxygens (including phenoxy) is 2. The first-order valence-electron chi connectivity index (χ1n) is 3.70. The van der Waals surface area contributed by atoms with Crippen molar-refractivity contribution < 1.29 is 9.47 Å². The minimum atomic E-state index is -0.455. The number of rotatable bonds is 7. The Hall–Kier alpha value is -1.03. The van der Waals surface area contributed by atoms with Gasteiger partial charge in [-0.1, -0.05) is 11.2 Å².